The molecule has 5 heteroatoms. The van der Waals surface area contributed by atoms with Gasteiger partial charge in [0, 0.05) is 12.3 Å². The van der Waals surface area contributed by atoms with Gasteiger partial charge in [-0.2, -0.15) is 0 Å². The van der Waals surface area contributed by atoms with Crippen LogP contribution in [0.4, 0.5) is 11.4 Å². The molecular formula is C12H16N2O3. The van der Waals surface area contributed by atoms with Crippen LogP contribution >= 0.6 is 0 Å². The van der Waals surface area contributed by atoms with Gasteiger partial charge in [-0.15, -0.1) is 0 Å². The summed E-state index contributed by atoms with van der Waals surface area (Å²) in [5, 5.41) is 2.78. The summed E-state index contributed by atoms with van der Waals surface area (Å²) in [7, 11) is 1.55. The Bertz CT molecular complexity index is 414. The zero-order valence-electron chi connectivity index (χ0n) is 9.73. The van der Waals surface area contributed by atoms with Crippen molar-refractivity contribution >= 4 is 17.3 Å². The summed E-state index contributed by atoms with van der Waals surface area (Å²) in [6.07, 6.45) is 1.37. The highest BCUT2D eigenvalue weighted by Gasteiger charge is 2.23. The Morgan fingerprint density at radius 2 is 2.41 bits per heavy atom. The normalized spacial score (nSPS) is 19.0. The lowest BCUT2D eigenvalue weighted by Crippen LogP contribution is -2.26. The molecule has 5 nitrogen and oxygen atoms in total. The molecule has 0 aliphatic carbocycles. The van der Waals surface area contributed by atoms with E-state index in [0.717, 1.165) is 12.8 Å². The maximum Gasteiger partial charge on any atom is 0.253 e. The van der Waals surface area contributed by atoms with Crippen molar-refractivity contribution < 1.29 is 14.3 Å². The molecule has 1 amide bonds. The fourth-order valence-corrected chi connectivity index (χ4v) is 1.82. The minimum absolute atomic E-state index is 0.118. The van der Waals surface area contributed by atoms with Gasteiger partial charge in [0.2, 0.25) is 0 Å². The number of hydrogen-bond donors (Lipinski definition) is 2. The van der Waals surface area contributed by atoms with E-state index in [0.29, 0.717) is 23.7 Å². The molecule has 1 unspecified atom stereocenters. The summed E-state index contributed by atoms with van der Waals surface area (Å²) >= 11 is 0. The molecule has 1 saturated heterocycles. The second kappa shape index (κ2) is 5.05. The molecule has 0 spiro atoms. The first-order valence-electron chi connectivity index (χ1n) is 5.56. The molecule has 1 aromatic rings. The number of carbonyl (C=O) groups is 1. The number of rotatable bonds is 3. The number of anilines is 2. The van der Waals surface area contributed by atoms with Gasteiger partial charge in [-0.1, -0.05) is 0 Å². The molecule has 1 aliphatic rings. The third-order valence-corrected chi connectivity index (χ3v) is 2.72. The third kappa shape index (κ3) is 2.68. The summed E-state index contributed by atoms with van der Waals surface area (Å²) in [4.78, 5) is 11.8. The molecule has 0 aromatic heterocycles. The molecule has 17 heavy (non-hydrogen) atoms. The van der Waals surface area contributed by atoms with Crippen molar-refractivity contribution in [2.75, 3.05) is 24.8 Å². The highest BCUT2D eigenvalue weighted by atomic mass is 16.5. The van der Waals surface area contributed by atoms with E-state index in [1.165, 1.54) is 0 Å². The van der Waals surface area contributed by atoms with Crippen molar-refractivity contribution in [3.63, 3.8) is 0 Å². The van der Waals surface area contributed by atoms with E-state index in [9.17, 15) is 4.79 Å². The Morgan fingerprint density at radius 1 is 1.59 bits per heavy atom. The van der Waals surface area contributed by atoms with Gasteiger partial charge in [0.05, 0.1) is 12.8 Å². The van der Waals surface area contributed by atoms with Crippen LogP contribution in [0.2, 0.25) is 0 Å². The second-order valence-corrected chi connectivity index (χ2v) is 3.95. The molecule has 1 aliphatic heterocycles. The molecule has 3 N–H and O–H groups in total. The molecule has 92 valence electrons. The largest absolute Gasteiger partial charge is 0.495 e. The topological polar surface area (TPSA) is 73.6 Å². The second-order valence-electron chi connectivity index (χ2n) is 3.95. The molecule has 1 aromatic carbocycles. The van der Waals surface area contributed by atoms with E-state index in [-0.39, 0.29) is 12.0 Å². The average molecular weight is 236 g/mol. The highest BCUT2D eigenvalue weighted by Crippen LogP contribution is 2.25. The van der Waals surface area contributed by atoms with Crippen LogP contribution in [-0.2, 0) is 9.53 Å². The number of nitrogen functional groups attached to an aromatic ring is 1. The van der Waals surface area contributed by atoms with Crippen LogP contribution in [0, 0.1) is 0 Å². The summed E-state index contributed by atoms with van der Waals surface area (Å²) in [6.45, 7) is 0.656. The van der Waals surface area contributed by atoms with E-state index in [1.807, 2.05) is 0 Å². The number of ether oxygens (including phenoxy) is 2. The summed E-state index contributed by atoms with van der Waals surface area (Å²) in [6, 6.07) is 5.15. The number of carbonyl (C=O) groups excluding carboxylic acids is 1. The molecule has 0 saturated carbocycles. The van der Waals surface area contributed by atoms with Gasteiger partial charge >= 0.3 is 0 Å². The lowest BCUT2D eigenvalue weighted by atomic mass is 10.2. The standard InChI is InChI=1S/C12H16N2O3/c1-16-10-5-4-8(7-9(10)13)14-12(15)11-3-2-6-17-11/h4-5,7,11H,2-3,6,13H2,1H3,(H,14,15). The fraction of sp³-hybridized carbons (Fsp3) is 0.417. The Kier molecular flexibility index (Phi) is 3.49. The molecule has 2 rings (SSSR count). The van der Waals surface area contributed by atoms with Crippen molar-refractivity contribution in [1.29, 1.82) is 0 Å². The monoisotopic (exact) mass is 236 g/mol. The van der Waals surface area contributed by atoms with Crippen LogP contribution in [0.5, 0.6) is 5.75 Å². The van der Waals surface area contributed by atoms with Crippen LogP contribution in [0.1, 0.15) is 12.8 Å². The first kappa shape index (κ1) is 11.7. The number of hydrogen-bond acceptors (Lipinski definition) is 4. The maximum atomic E-state index is 11.8. The van der Waals surface area contributed by atoms with Crippen LogP contribution in [0.25, 0.3) is 0 Å². The lowest BCUT2D eigenvalue weighted by molar-refractivity contribution is -0.124. The van der Waals surface area contributed by atoms with Crippen LogP contribution in [0.3, 0.4) is 0 Å². The van der Waals surface area contributed by atoms with E-state index in [2.05, 4.69) is 5.32 Å². The fourth-order valence-electron chi connectivity index (χ4n) is 1.82. The smallest absolute Gasteiger partial charge is 0.253 e. The zero-order chi connectivity index (χ0) is 12.3. The Balaban J connectivity index is 2.03. The van der Waals surface area contributed by atoms with Gasteiger partial charge in [-0.05, 0) is 31.0 Å². The van der Waals surface area contributed by atoms with Crippen LogP contribution in [0.15, 0.2) is 18.2 Å². The molecule has 1 atom stereocenters. The van der Waals surface area contributed by atoms with E-state index in [1.54, 1.807) is 25.3 Å². The van der Waals surface area contributed by atoms with Gasteiger partial charge < -0.3 is 20.5 Å². The molecule has 0 bridgehead atoms. The van der Waals surface area contributed by atoms with Gasteiger partial charge in [0.1, 0.15) is 11.9 Å². The SMILES string of the molecule is COc1ccc(NC(=O)C2CCCO2)cc1N. The Morgan fingerprint density at radius 3 is 3.00 bits per heavy atom. The quantitative estimate of drug-likeness (QED) is 0.778. The number of amides is 1. The summed E-state index contributed by atoms with van der Waals surface area (Å²) < 4.78 is 10.3. The molecule has 1 heterocycles. The van der Waals surface area contributed by atoms with Gasteiger partial charge in [0.25, 0.3) is 5.91 Å². The van der Waals surface area contributed by atoms with Crippen molar-refractivity contribution in [2.45, 2.75) is 18.9 Å². The van der Waals surface area contributed by atoms with E-state index in [4.69, 9.17) is 15.2 Å². The number of benzene rings is 1. The zero-order valence-corrected chi connectivity index (χ0v) is 9.73. The number of nitrogens with two attached hydrogens (primary N) is 1. The summed E-state index contributed by atoms with van der Waals surface area (Å²) in [5.41, 5.74) is 6.91. The van der Waals surface area contributed by atoms with Gasteiger partial charge in [0.15, 0.2) is 0 Å². The Labute approximate surface area is 99.9 Å². The average Bonchev–Trinajstić information content (AvgIpc) is 2.82. The Hall–Kier alpha value is -1.75. The predicted octanol–water partition coefficient (Wildman–Crippen LogP) is 1.39. The van der Waals surface area contributed by atoms with E-state index >= 15 is 0 Å². The highest BCUT2D eigenvalue weighted by molar-refractivity contribution is 5.94. The molecular weight excluding hydrogens is 220 g/mol. The third-order valence-electron chi connectivity index (χ3n) is 2.72. The molecule has 1 fully saturated rings. The minimum Gasteiger partial charge on any atom is -0.495 e. The number of nitrogens with one attached hydrogen (secondary N) is 1. The predicted molar refractivity (Wildman–Crippen MR) is 65.0 cm³/mol. The van der Waals surface area contributed by atoms with Crippen molar-refractivity contribution in [1.82, 2.24) is 0 Å². The van der Waals surface area contributed by atoms with Crippen molar-refractivity contribution in [2.24, 2.45) is 0 Å². The van der Waals surface area contributed by atoms with Crippen molar-refractivity contribution in [3.05, 3.63) is 18.2 Å². The van der Waals surface area contributed by atoms with Crippen LogP contribution in [-0.4, -0.2) is 25.7 Å². The van der Waals surface area contributed by atoms with Gasteiger partial charge in [-0.3, -0.25) is 4.79 Å². The maximum absolute atomic E-state index is 11.8. The van der Waals surface area contributed by atoms with E-state index < -0.39 is 0 Å². The first-order valence-corrected chi connectivity index (χ1v) is 5.56. The first-order chi connectivity index (χ1) is 8.20. The van der Waals surface area contributed by atoms with Crippen molar-refractivity contribution in [3.8, 4) is 5.75 Å². The van der Waals surface area contributed by atoms with Crippen LogP contribution < -0.4 is 15.8 Å². The summed E-state index contributed by atoms with van der Waals surface area (Å²) in [5.74, 6) is 0.479. The molecule has 0 radical (unpaired) electrons. The number of methoxy groups -OCH3 is 1. The van der Waals surface area contributed by atoms with Gasteiger partial charge in [-0.25, -0.2) is 0 Å². The minimum atomic E-state index is -0.335. The lowest BCUT2D eigenvalue weighted by Gasteiger charge is -2.11.